The van der Waals surface area contributed by atoms with Crippen LogP contribution in [0.5, 0.6) is 0 Å². The van der Waals surface area contributed by atoms with Crippen LogP contribution in [0.15, 0.2) is 23.6 Å². The van der Waals surface area contributed by atoms with Gasteiger partial charge in [0.2, 0.25) is 0 Å². The molecule has 0 bridgehead atoms. The number of aliphatic hydroxyl groups is 1. The first kappa shape index (κ1) is 11.8. The van der Waals surface area contributed by atoms with Crippen LogP contribution < -0.4 is 0 Å². The van der Waals surface area contributed by atoms with Crippen LogP contribution in [0.3, 0.4) is 0 Å². The molecule has 88 valence electrons. The molecule has 0 saturated carbocycles. The zero-order valence-corrected chi connectivity index (χ0v) is 10.4. The van der Waals surface area contributed by atoms with Gasteiger partial charge in [0.1, 0.15) is 0 Å². The molecule has 1 aromatic heterocycles. The monoisotopic (exact) mass is 237 g/mol. The van der Waals surface area contributed by atoms with Crippen LogP contribution in [-0.4, -0.2) is 36.2 Å². The van der Waals surface area contributed by atoms with Gasteiger partial charge in [-0.3, -0.25) is 4.90 Å². The molecule has 0 amide bonds. The fraction of sp³-hybridized carbons (Fsp3) is 0.538. The Hall–Kier alpha value is -0.640. The molecule has 1 aliphatic heterocycles. The van der Waals surface area contributed by atoms with Crippen LogP contribution in [0.25, 0.3) is 5.57 Å². The van der Waals surface area contributed by atoms with Crippen molar-refractivity contribution in [1.82, 2.24) is 4.90 Å². The maximum Gasteiger partial charge on any atom is 0.0431 e. The zero-order chi connectivity index (χ0) is 11.2. The summed E-state index contributed by atoms with van der Waals surface area (Å²) in [5.41, 5.74) is 1.51. The highest BCUT2D eigenvalue weighted by Gasteiger charge is 2.12. The third-order valence-electron chi connectivity index (χ3n) is 3.01. The number of thiophene rings is 1. The SMILES string of the molecule is OCCCCN1CC=C(c2cccs2)CC1. The predicted molar refractivity (Wildman–Crippen MR) is 69.7 cm³/mol. The van der Waals surface area contributed by atoms with E-state index in [1.54, 1.807) is 0 Å². The summed E-state index contributed by atoms with van der Waals surface area (Å²) in [4.78, 5) is 3.89. The van der Waals surface area contributed by atoms with Crippen LogP contribution in [0.2, 0.25) is 0 Å². The van der Waals surface area contributed by atoms with E-state index in [0.717, 1.165) is 32.5 Å². The molecule has 2 heterocycles. The molecule has 0 spiro atoms. The number of rotatable bonds is 5. The van der Waals surface area contributed by atoms with E-state index in [1.807, 2.05) is 11.3 Å². The fourth-order valence-electron chi connectivity index (χ4n) is 2.05. The van der Waals surface area contributed by atoms with Gasteiger partial charge in [0.25, 0.3) is 0 Å². The van der Waals surface area contributed by atoms with Gasteiger partial charge in [0.15, 0.2) is 0 Å². The normalized spacial score (nSPS) is 17.4. The third-order valence-corrected chi connectivity index (χ3v) is 3.96. The molecule has 2 nitrogen and oxygen atoms in total. The van der Waals surface area contributed by atoms with Gasteiger partial charge < -0.3 is 5.11 Å². The average Bonchev–Trinajstić information content (AvgIpc) is 2.84. The van der Waals surface area contributed by atoms with Crippen LogP contribution >= 0.6 is 11.3 Å². The van der Waals surface area contributed by atoms with Gasteiger partial charge in [0, 0.05) is 24.6 Å². The molecule has 1 aliphatic rings. The molecule has 0 aliphatic carbocycles. The molecule has 0 fully saturated rings. The molecular weight excluding hydrogens is 218 g/mol. The van der Waals surface area contributed by atoms with Crippen molar-refractivity contribution in [2.24, 2.45) is 0 Å². The lowest BCUT2D eigenvalue weighted by Gasteiger charge is -2.25. The van der Waals surface area contributed by atoms with E-state index in [2.05, 4.69) is 28.5 Å². The van der Waals surface area contributed by atoms with Crippen molar-refractivity contribution >= 4 is 16.9 Å². The Bertz CT molecular complexity index is 332. The van der Waals surface area contributed by atoms with E-state index in [0.29, 0.717) is 6.61 Å². The topological polar surface area (TPSA) is 23.5 Å². The van der Waals surface area contributed by atoms with Crippen molar-refractivity contribution in [2.45, 2.75) is 19.3 Å². The van der Waals surface area contributed by atoms with Gasteiger partial charge in [-0.1, -0.05) is 12.1 Å². The minimum atomic E-state index is 0.324. The van der Waals surface area contributed by atoms with Crippen molar-refractivity contribution < 1.29 is 5.11 Å². The third kappa shape index (κ3) is 3.17. The zero-order valence-electron chi connectivity index (χ0n) is 9.56. The first-order valence-corrected chi connectivity index (χ1v) is 6.84. The summed E-state index contributed by atoms with van der Waals surface area (Å²) in [6, 6.07) is 4.33. The van der Waals surface area contributed by atoms with Crippen molar-refractivity contribution in [3.63, 3.8) is 0 Å². The number of aliphatic hydroxyl groups excluding tert-OH is 1. The summed E-state index contributed by atoms with van der Waals surface area (Å²) in [5, 5.41) is 10.9. The standard InChI is InChI=1S/C13H19NOS/c15-10-2-1-7-14-8-5-12(6-9-14)13-4-3-11-16-13/h3-5,11,15H,1-2,6-10H2. The van der Waals surface area contributed by atoms with Gasteiger partial charge in [-0.15, -0.1) is 11.3 Å². The Labute approximate surface area is 101 Å². The highest BCUT2D eigenvalue weighted by atomic mass is 32.1. The van der Waals surface area contributed by atoms with Gasteiger partial charge in [0.05, 0.1) is 0 Å². The fourth-order valence-corrected chi connectivity index (χ4v) is 2.84. The van der Waals surface area contributed by atoms with E-state index in [9.17, 15) is 0 Å². The van der Waals surface area contributed by atoms with Crippen LogP contribution in [0.1, 0.15) is 24.1 Å². The summed E-state index contributed by atoms with van der Waals surface area (Å²) < 4.78 is 0. The van der Waals surface area contributed by atoms with Crippen molar-refractivity contribution in [1.29, 1.82) is 0 Å². The molecule has 1 aromatic rings. The number of hydrogen-bond acceptors (Lipinski definition) is 3. The highest BCUT2D eigenvalue weighted by molar-refractivity contribution is 7.11. The molecule has 0 aromatic carbocycles. The summed E-state index contributed by atoms with van der Waals surface area (Å²) in [7, 11) is 0. The van der Waals surface area contributed by atoms with Gasteiger partial charge in [-0.2, -0.15) is 0 Å². The van der Waals surface area contributed by atoms with Crippen LogP contribution in [0.4, 0.5) is 0 Å². The van der Waals surface area contributed by atoms with E-state index < -0.39 is 0 Å². The van der Waals surface area contributed by atoms with Gasteiger partial charge >= 0.3 is 0 Å². The highest BCUT2D eigenvalue weighted by Crippen LogP contribution is 2.25. The van der Waals surface area contributed by atoms with E-state index in [4.69, 9.17) is 5.11 Å². The summed E-state index contributed by atoms with van der Waals surface area (Å²) in [6.07, 6.45) is 5.56. The second-order valence-corrected chi connectivity index (χ2v) is 5.14. The second-order valence-electron chi connectivity index (χ2n) is 4.19. The van der Waals surface area contributed by atoms with E-state index in [-0.39, 0.29) is 0 Å². The lowest BCUT2D eigenvalue weighted by atomic mass is 10.1. The average molecular weight is 237 g/mol. The minimum absolute atomic E-state index is 0.324. The maximum atomic E-state index is 8.73. The summed E-state index contributed by atoms with van der Waals surface area (Å²) in [6.45, 7) is 3.67. The molecule has 2 rings (SSSR count). The Morgan fingerprint density at radius 3 is 2.94 bits per heavy atom. The largest absolute Gasteiger partial charge is 0.396 e. The minimum Gasteiger partial charge on any atom is -0.396 e. The Morgan fingerprint density at radius 2 is 2.31 bits per heavy atom. The Balaban J connectivity index is 1.81. The van der Waals surface area contributed by atoms with Gasteiger partial charge in [-0.25, -0.2) is 0 Å². The van der Waals surface area contributed by atoms with E-state index in [1.165, 1.54) is 16.9 Å². The van der Waals surface area contributed by atoms with Crippen molar-refractivity contribution in [3.05, 3.63) is 28.5 Å². The molecule has 1 N–H and O–H groups in total. The number of unbranched alkanes of at least 4 members (excludes halogenated alkanes) is 1. The molecule has 0 radical (unpaired) electrons. The first-order chi connectivity index (χ1) is 7.90. The molecule has 16 heavy (non-hydrogen) atoms. The first-order valence-electron chi connectivity index (χ1n) is 5.96. The maximum absolute atomic E-state index is 8.73. The lowest BCUT2D eigenvalue weighted by molar-refractivity contribution is 0.253. The molecular formula is C13H19NOS. The number of hydrogen-bond donors (Lipinski definition) is 1. The quantitative estimate of drug-likeness (QED) is 0.796. The summed E-state index contributed by atoms with van der Waals surface area (Å²) in [5.74, 6) is 0. The Morgan fingerprint density at radius 1 is 1.38 bits per heavy atom. The molecule has 0 atom stereocenters. The smallest absolute Gasteiger partial charge is 0.0431 e. The second kappa shape index (κ2) is 6.18. The van der Waals surface area contributed by atoms with Crippen LogP contribution in [0, 0.1) is 0 Å². The Kier molecular flexibility index (Phi) is 4.57. The lowest BCUT2D eigenvalue weighted by Crippen LogP contribution is -2.29. The van der Waals surface area contributed by atoms with Crippen molar-refractivity contribution in [2.75, 3.05) is 26.2 Å². The van der Waals surface area contributed by atoms with Gasteiger partial charge in [-0.05, 0) is 42.8 Å². The molecule has 0 saturated heterocycles. The number of nitrogens with zero attached hydrogens (tertiary/aromatic N) is 1. The molecule has 3 heteroatoms. The summed E-state index contributed by atoms with van der Waals surface area (Å²) >= 11 is 1.83. The van der Waals surface area contributed by atoms with Crippen molar-refractivity contribution in [3.8, 4) is 0 Å². The predicted octanol–water partition coefficient (Wildman–Crippen LogP) is 2.61. The molecule has 0 unspecified atom stereocenters. The van der Waals surface area contributed by atoms with E-state index >= 15 is 0 Å². The van der Waals surface area contributed by atoms with Crippen LogP contribution in [-0.2, 0) is 0 Å².